The van der Waals surface area contributed by atoms with Crippen LogP contribution in [-0.4, -0.2) is 31.5 Å². The van der Waals surface area contributed by atoms with Crippen LogP contribution in [0.4, 0.5) is 0 Å². The summed E-state index contributed by atoms with van der Waals surface area (Å²) in [5, 5.41) is 5.81. The van der Waals surface area contributed by atoms with Crippen LogP contribution in [0.25, 0.3) is 0 Å². The number of hydrogen-bond donors (Lipinski definition) is 3. The predicted molar refractivity (Wildman–Crippen MR) is 130 cm³/mol. The highest BCUT2D eigenvalue weighted by Crippen LogP contribution is 2.17. The molecule has 3 aromatic rings. The molecule has 2 atom stereocenters. The lowest BCUT2D eigenvalue weighted by Crippen LogP contribution is -2.49. The summed E-state index contributed by atoms with van der Waals surface area (Å²) in [4.78, 5) is 25.8. The van der Waals surface area contributed by atoms with Crippen molar-refractivity contribution < 1.29 is 14.3 Å². The van der Waals surface area contributed by atoms with Crippen molar-refractivity contribution in [1.29, 1.82) is 0 Å². The zero-order valence-electron chi connectivity index (χ0n) is 18.9. The largest absolute Gasteiger partial charge is 0.497 e. The lowest BCUT2D eigenvalue weighted by atomic mass is 10.0. The first kappa shape index (κ1) is 24.0. The number of aryl methyl sites for hydroxylation is 1. The SMILES string of the molecule is COc1ccc(C(N)C(=O)NC(CCc2ccccc2)C(=O)NCCc2ccccc2)cc1. The van der Waals surface area contributed by atoms with Crippen molar-refractivity contribution in [2.24, 2.45) is 5.73 Å². The summed E-state index contributed by atoms with van der Waals surface area (Å²) in [6.45, 7) is 0.491. The second-order valence-electron chi connectivity index (χ2n) is 7.86. The van der Waals surface area contributed by atoms with E-state index in [4.69, 9.17) is 10.5 Å². The first-order chi connectivity index (χ1) is 16.1. The number of nitrogens with one attached hydrogen (secondary N) is 2. The number of benzene rings is 3. The Kier molecular flexibility index (Phi) is 9.03. The Bertz CT molecular complexity index is 1010. The van der Waals surface area contributed by atoms with Crippen molar-refractivity contribution in [3.8, 4) is 5.75 Å². The Morgan fingerprint density at radius 3 is 1.97 bits per heavy atom. The lowest BCUT2D eigenvalue weighted by Gasteiger charge is -2.21. The summed E-state index contributed by atoms with van der Waals surface area (Å²) in [7, 11) is 1.58. The maximum absolute atomic E-state index is 12.9. The molecular weight excluding hydrogens is 414 g/mol. The van der Waals surface area contributed by atoms with E-state index in [0.29, 0.717) is 30.7 Å². The van der Waals surface area contributed by atoms with Crippen LogP contribution >= 0.6 is 0 Å². The Morgan fingerprint density at radius 2 is 1.39 bits per heavy atom. The number of carbonyl (C=O) groups excluding carboxylic acids is 2. The third kappa shape index (κ3) is 7.47. The average molecular weight is 446 g/mol. The molecule has 3 rings (SSSR count). The van der Waals surface area contributed by atoms with Gasteiger partial charge in [0.1, 0.15) is 17.8 Å². The van der Waals surface area contributed by atoms with Gasteiger partial charge in [-0.1, -0.05) is 72.8 Å². The highest BCUT2D eigenvalue weighted by atomic mass is 16.5. The zero-order valence-corrected chi connectivity index (χ0v) is 18.9. The van der Waals surface area contributed by atoms with Crippen LogP contribution < -0.4 is 21.1 Å². The zero-order chi connectivity index (χ0) is 23.5. The summed E-state index contributed by atoms with van der Waals surface area (Å²) in [5.41, 5.74) is 9.08. The first-order valence-electron chi connectivity index (χ1n) is 11.1. The number of nitrogens with two attached hydrogens (primary N) is 1. The van der Waals surface area contributed by atoms with Gasteiger partial charge in [0.2, 0.25) is 11.8 Å². The maximum Gasteiger partial charge on any atom is 0.242 e. The second kappa shape index (κ2) is 12.4. The number of methoxy groups -OCH3 is 1. The van der Waals surface area contributed by atoms with Crippen LogP contribution in [0.2, 0.25) is 0 Å². The van der Waals surface area contributed by atoms with E-state index in [1.165, 1.54) is 0 Å². The van der Waals surface area contributed by atoms with Gasteiger partial charge in [0, 0.05) is 6.54 Å². The smallest absolute Gasteiger partial charge is 0.242 e. The molecule has 3 aromatic carbocycles. The summed E-state index contributed by atoms with van der Waals surface area (Å²) < 4.78 is 5.15. The number of amides is 2. The van der Waals surface area contributed by atoms with Gasteiger partial charge >= 0.3 is 0 Å². The van der Waals surface area contributed by atoms with Crippen molar-refractivity contribution in [2.45, 2.75) is 31.3 Å². The Labute approximate surface area is 195 Å². The molecule has 0 radical (unpaired) electrons. The molecule has 0 saturated carbocycles. The number of ether oxygens (including phenoxy) is 1. The lowest BCUT2D eigenvalue weighted by molar-refractivity contribution is -0.129. The van der Waals surface area contributed by atoms with E-state index in [2.05, 4.69) is 10.6 Å². The first-order valence-corrected chi connectivity index (χ1v) is 11.1. The molecule has 0 aliphatic rings. The van der Waals surface area contributed by atoms with Gasteiger partial charge in [-0.3, -0.25) is 9.59 Å². The van der Waals surface area contributed by atoms with E-state index in [-0.39, 0.29) is 5.91 Å². The summed E-state index contributed by atoms with van der Waals surface area (Å²) in [5.74, 6) is 0.0819. The maximum atomic E-state index is 12.9. The molecule has 0 heterocycles. The van der Waals surface area contributed by atoms with Crippen molar-refractivity contribution in [2.75, 3.05) is 13.7 Å². The minimum absolute atomic E-state index is 0.211. The van der Waals surface area contributed by atoms with Gasteiger partial charge < -0.3 is 21.1 Å². The van der Waals surface area contributed by atoms with E-state index in [1.807, 2.05) is 60.7 Å². The number of hydrogen-bond acceptors (Lipinski definition) is 4. The molecule has 2 amide bonds. The summed E-state index contributed by atoms with van der Waals surface area (Å²) in [6.07, 6.45) is 1.86. The summed E-state index contributed by atoms with van der Waals surface area (Å²) >= 11 is 0. The molecule has 0 saturated heterocycles. The molecule has 0 bridgehead atoms. The minimum atomic E-state index is -0.882. The van der Waals surface area contributed by atoms with Gasteiger partial charge in [-0.2, -0.15) is 0 Å². The molecular formula is C27H31N3O3. The molecule has 6 heteroatoms. The molecule has 0 spiro atoms. The van der Waals surface area contributed by atoms with Crippen LogP contribution in [0.1, 0.15) is 29.2 Å². The van der Waals surface area contributed by atoms with Crippen molar-refractivity contribution in [3.05, 3.63) is 102 Å². The monoisotopic (exact) mass is 445 g/mol. The van der Waals surface area contributed by atoms with E-state index < -0.39 is 18.0 Å². The van der Waals surface area contributed by atoms with Crippen LogP contribution in [0.3, 0.4) is 0 Å². The minimum Gasteiger partial charge on any atom is -0.497 e. The molecule has 0 fully saturated rings. The van der Waals surface area contributed by atoms with Gasteiger partial charge in [-0.25, -0.2) is 0 Å². The van der Waals surface area contributed by atoms with Crippen molar-refractivity contribution in [3.63, 3.8) is 0 Å². The van der Waals surface area contributed by atoms with E-state index in [1.54, 1.807) is 31.4 Å². The standard InChI is InChI=1S/C27H31N3O3/c1-33-23-15-13-22(14-16-23)25(28)27(32)30-24(17-12-20-8-4-2-5-9-20)26(31)29-19-18-21-10-6-3-7-11-21/h2-11,13-16,24-25H,12,17-19,28H2,1H3,(H,29,31)(H,30,32). The highest BCUT2D eigenvalue weighted by molar-refractivity contribution is 5.90. The van der Waals surface area contributed by atoms with Gasteiger partial charge in [-0.05, 0) is 48.1 Å². The highest BCUT2D eigenvalue weighted by Gasteiger charge is 2.24. The van der Waals surface area contributed by atoms with Crippen molar-refractivity contribution in [1.82, 2.24) is 10.6 Å². The van der Waals surface area contributed by atoms with Crippen molar-refractivity contribution >= 4 is 11.8 Å². The topological polar surface area (TPSA) is 93.4 Å². The number of carbonyl (C=O) groups is 2. The Balaban J connectivity index is 1.62. The molecule has 2 unspecified atom stereocenters. The quantitative estimate of drug-likeness (QED) is 0.423. The fourth-order valence-electron chi connectivity index (χ4n) is 3.55. The Morgan fingerprint density at radius 1 is 0.818 bits per heavy atom. The molecule has 33 heavy (non-hydrogen) atoms. The molecule has 4 N–H and O–H groups in total. The molecule has 0 aliphatic heterocycles. The van der Waals surface area contributed by atoms with Gasteiger partial charge in [-0.15, -0.1) is 0 Å². The molecule has 0 aromatic heterocycles. The predicted octanol–water partition coefficient (Wildman–Crippen LogP) is 3.17. The normalized spacial score (nSPS) is 12.4. The number of rotatable bonds is 11. The van der Waals surface area contributed by atoms with Gasteiger partial charge in [0.05, 0.1) is 7.11 Å². The van der Waals surface area contributed by atoms with Crippen LogP contribution in [0.5, 0.6) is 5.75 Å². The van der Waals surface area contributed by atoms with E-state index in [9.17, 15) is 9.59 Å². The summed E-state index contributed by atoms with van der Waals surface area (Å²) in [6, 6.07) is 25.3. The second-order valence-corrected chi connectivity index (χ2v) is 7.86. The van der Waals surface area contributed by atoms with Gasteiger partial charge in [0.15, 0.2) is 0 Å². The van der Waals surface area contributed by atoms with Crippen LogP contribution in [0.15, 0.2) is 84.9 Å². The van der Waals surface area contributed by atoms with Crippen LogP contribution in [-0.2, 0) is 22.4 Å². The fraction of sp³-hybridized carbons (Fsp3) is 0.259. The third-order valence-corrected chi connectivity index (χ3v) is 5.51. The molecule has 6 nitrogen and oxygen atoms in total. The van der Waals surface area contributed by atoms with Gasteiger partial charge in [0.25, 0.3) is 0 Å². The van der Waals surface area contributed by atoms with E-state index in [0.717, 1.165) is 17.5 Å². The third-order valence-electron chi connectivity index (χ3n) is 5.51. The molecule has 172 valence electrons. The fourth-order valence-corrected chi connectivity index (χ4v) is 3.55. The average Bonchev–Trinajstić information content (AvgIpc) is 2.87. The van der Waals surface area contributed by atoms with Crippen LogP contribution in [0, 0.1) is 0 Å². The van der Waals surface area contributed by atoms with E-state index >= 15 is 0 Å². The molecule has 0 aliphatic carbocycles. The Hall–Kier alpha value is -3.64.